The van der Waals surface area contributed by atoms with Crippen molar-refractivity contribution in [2.45, 2.75) is 216 Å². The van der Waals surface area contributed by atoms with Gasteiger partial charge in [-0.1, -0.05) is 134 Å². The number of aliphatic hydroxyl groups excluding tert-OH is 7. The lowest BCUT2D eigenvalue weighted by molar-refractivity contribution is -0.166. The van der Waals surface area contributed by atoms with E-state index in [1.165, 1.54) is 69.6 Å². The quantitative estimate of drug-likeness (QED) is 0.0292. The third-order valence-electron chi connectivity index (χ3n) is 11.7. The summed E-state index contributed by atoms with van der Waals surface area (Å²) in [4.78, 5) is 49.9. The highest BCUT2D eigenvalue weighted by molar-refractivity contribution is 7.47. The molecule has 2 aliphatic rings. The molecule has 1 heterocycles. The second kappa shape index (κ2) is 31.7. The van der Waals surface area contributed by atoms with Crippen LogP contribution in [0.25, 0.3) is 0 Å². The van der Waals surface area contributed by atoms with Gasteiger partial charge in [0.15, 0.2) is 6.10 Å². The van der Waals surface area contributed by atoms with E-state index in [-0.39, 0.29) is 25.7 Å². The highest BCUT2D eigenvalue weighted by atomic mass is 31.2. The molecular weight excluding hydrogens is 827 g/mol. The van der Waals surface area contributed by atoms with Gasteiger partial charge in [-0.2, -0.15) is 0 Å². The number of hydrogen-bond acceptors (Lipinski definition) is 15. The van der Waals surface area contributed by atoms with Crippen LogP contribution in [0.2, 0.25) is 0 Å². The molecule has 1 aliphatic heterocycles. The molecule has 12 atom stereocenters. The van der Waals surface area contributed by atoms with Gasteiger partial charge in [0, 0.05) is 31.1 Å². The third-order valence-corrected chi connectivity index (χ3v) is 12.6. The first kappa shape index (κ1) is 56.1. The van der Waals surface area contributed by atoms with E-state index in [0.29, 0.717) is 25.7 Å². The number of cyclic esters (lactones) is 1. The van der Waals surface area contributed by atoms with Gasteiger partial charge < -0.3 is 50.1 Å². The highest BCUT2D eigenvalue weighted by Crippen LogP contribution is 2.47. The topological polar surface area (TPSA) is 267 Å². The van der Waals surface area contributed by atoms with Crippen LogP contribution in [0.15, 0.2) is 24.3 Å². The Kier molecular flexibility index (Phi) is 28.7. The van der Waals surface area contributed by atoms with Gasteiger partial charge in [-0.15, -0.1) is 0 Å². The monoisotopic (exact) mass is 907 g/mol. The van der Waals surface area contributed by atoms with Crippen molar-refractivity contribution in [3.8, 4) is 0 Å². The van der Waals surface area contributed by atoms with Crippen LogP contribution in [-0.4, -0.2) is 127 Å². The summed E-state index contributed by atoms with van der Waals surface area (Å²) in [6.45, 7) is 2.80. The number of fused-ring (bicyclic) bond motifs is 4. The smallest absolute Gasteiger partial charge is 0.462 e. The van der Waals surface area contributed by atoms with E-state index >= 15 is 0 Å². The van der Waals surface area contributed by atoms with E-state index in [1.54, 1.807) is 6.08 Å². The zero-order valence-electron chi connectivity index (χ0n) is 37.1. The number of phosphoric acid groups is 1. The number of Topliss-reactive ketones (excluding diaryl/α,β-unsaturated/α-hetero) is 1. The summed E-state index contributed by atoms with van der Waals surface area (Å²) in [5.41, 5.74) is 0. The van der Waals surface area contributed by atoms with E-state index in [2.05, 4.69) is 6.92 Å². The van der Waals surface area contributed by atoms with E-state index in [9.17, 15) is 59.6 Å². The molecule has 0 aromatic carbocycles. The number of ketones is 1. The zero-order chi connectivity index (χ0) is 45.9. The van der Waals surface area contributed by atoms with Crippen molar-refractivity contribution >= 4 is 25.5 Å². The SMILES string of the molecule is CCCCCCCCCCCCCCCC(=O)OC[C@@H]1COP(=O)(O)O[C@H]2[C@H](O)[C@@H](O)[C@H](O)[C@@H](C/C=C\CCCC(=O)O1)C(=O)C[C@@H](O)[C@H](/C=C/[C@@H](O)CCCCC)[C@@H](O)[C@H]2O. The summed E-state index contributed by atoms with van der Waals surface area (Å²) in [7, 11) is -5.45. The van der Waals surface area contributed by atoms with E-state index in [4.69, 9.17) is 18.5 Å². The first-order valence-electron chi connectivity index (χ1n) is 23.2. The molecule has 0 amide bonds. The fourth-order valence-corrected chi connectivity index (χ4v) is 8.73. The summed E-state index contributed by atoms with van der Waals surface area (Å²) in [6.07, 6.45) is 4.95. The molecule has 2 rings (SSSR count). The number of carbonyl (C=O) groups excluding carboxylic acids is 3. The minimum absolute atomic E-state index is 0.107. The predicted molar refractivity (Wildman–Crippen MR) is 231 cm³/mol. The summed E-state index contributed by atoms with van der Waals surface area (Å²) >= 11 is 0. The second-order valence-electron chi connectivity index (χ2n) is 17.0. The van der Waals surface area contributed by atoms with Gasteiger partial charge >= 0.3 is 19.8 Å². The summed E-state index contributed by atoms with van der Waals surface area (Å²) in [5.74, 6) is -5.05. The van der Waals surface area contributed by atoms with Crippen molar-refractivity contribution in [2.24, 2.45) is 11.8 Å². The van der Waals surface area contributed by atoms with Crippen LogP contribution in [0.3, 0.4) is 0 Å². The van der Waals surface area contributed by atoms with Crippen LogP contribution in [-0.2, 0) is 37.5 Å². The Labute approximate surface area is 368 Å². The number of aliphatic hydroxyl groups is 7. The van der Waals surface area contributed by atoms with Crippen molar-refractivity contribution in [1.82, 2.24) is 0 Å². The van der Waals surface area contributed by atoms with Gasteiger partial charge in [-0.25, -0.2) is 4.57 Å². The number of rotatable bonds is 22. The lowest BCUT2D eigenvalue weighted by atomic mass is 9.84. The van der Waals surface area contributed by atoms with E-state index in [1.807, 2.05) is 6.92 Å². The number of ether oxygens (including phenoxy) is 2. The molecule has 17 heteroatoms. The first-order valence-corrected chi connectivity index (χ1v) is 24.7. The molecule has 2 bridgehead atoms. The standard InChI is InChI=1S/C45H79O16P/c1-3-5-7-8-9-10-11-12-13-14-15-16-21-25-38(49)58-30-33-31-59-62(56,57)61-45-43(54)41(52)35(28-27-32(46)23-19-6-4-2)37(48)29-36(47)34(40(51)42(53)44(45)55)24-20-17-18-22-26-39(50)60-33/h17,20,27-28,32-35,37,40-46,48,51-55H,3-16,18-19,21-26,29-31H2,1-2H3,(H,56,57)/b20-17-,28-27+/t32-,33+,34-,35-,37+,40+,41+,42-,43+,44+,45+/m0/s1. The molecule has 1 saturated carbocycles. The zero-order valence-corrected chi connectivity index (χ0v) is 38.0. The Morgan fingerprint density at radius 1 is 0.806 bits per heavy atom. The number of hydrogen-bond donors (Lipinski definition) is 8. The van der Waals surface area contributed by atoms with Gasteiger partial charge in [0.05, 0.1) is 31.0 Å². The molecule has 0 radical (unpaired) electrons. The largest absolute Gasteiger partial charge is 0.472 e. The van der Waals surface area contributed by atoms with Crippen molar-refractivity contribution in [3.05, 3.63) is 24.3 Å². The number of phosphoric ester groups is 1. The van der Waals surface area contributed by atoms with Crippen LogP contribution in [0.5, 0.6) is 0 Å². The molecule has 0 saturated heterocycles. The second-order valence-corrected chi connectivity index (χ2v) is 18.4. The van der Waals surface area contributed by atoms with Gasteiger partial charge in [0.1, 0.15) is 36.8 Å². The van der Waals surface area contributed by atoms with Crippen molar-refractivity contribution in [2.75, 3.05) is 13.2 Å². The maximum atomic E-state index is 13.6. The highest BCUT2D eigenvalue weighted by Gasteiger charge is 2.49. The molecule has 16 nitrogen and oxygen atoms in total. The van der Waals surface area contributed by atoms with Crippen LogP contribution >= 0.6 is 7.82 Å². The minimum Gasteiger partial charge on any atom is -0.462 e. The van der Waals surface area contributed by atoms with E-state index < -0.39 is 112 Å². The molecule has 0 aromatic heterocycles. The third kappa shape index (κ3) is 22.2. The van der Waals surface area contributed by atoms with Crippen LogP contribution in [0, 0.1) is 11.8 Å². The Morgan fingerprint density at radius 2 is 1.39 bits per heavy atom. The molecule has 360 valence electrons. The minimum atomic E-state index is -5.45. The summed E-state index contributed by atoms with van der Waals surface area (Å²) in [5, 5.41) is 78.3. The first-order chi connectivity index (χ1) is 29.6. The predicted octanol–water partition coefficient (Wildman–Crippen LogP) is 5.42. The molecule has 8 N–H and O–H groups in total. The molecule has 1 unspecified atom stereocenters. The molecule has 0 aromatic rings. The maximum absolute atomic E-state index is 13.6. The number of unbranched alkanes of at least 4 members (excludes halogenated alkanes) is 14. The molecular formula is C45H79O16P. The fraction of sp³-hybridized carbons (Fsp3) is 0.844. The van der Waals surface area contributed by atoms with Gasteiger partial charge in [-0.3, -0.25) is 23.4 Å². The maximum Gasteiger partial charge on any atom is 0.472 e. The molecule has 0 spiro atoms. The van der Waals surface area contributed by atoms with Gasteiger partial charge in [-0.05, 0) is 32.1 Å². The van der Waals surface area contributed by atoms with Crippen LogP contribution in [0.4, 0.5) is 0 Å². The summed E-state index contributed by atoms with van der Waals surface area (Å²) < 4.78 is 34.5. The van der Waals surface area contributed by atoms with Crippen LogP contribution < -0.4 is 0 Å². The molecule has 1 fully saturated rings. The van der Waals surface area contributed by atoms with Crippen LogP contribution in [0.1, 0.15) is 162 Å². The van der Waals surface area contributed by atoms with Crippen molar-refractivity contribution in [1.29, 1.82) is 0 Å². The average Bonchev–Trinajstić information content (AvgIpc) is 3.23. The van der Waals surface area contributed by atoms with Gasteiger partial charge in [0.25, 0.3) is 0 Å². The fourth-order valence-electron chi connectivity index (χ4n) is 7.76. The molecule has 1 aliphatic carbocycles. The van der Waals surface area contributed by atoms with Crippen molar-refractivity contribution < 1.29 is 78.1 Å². The normalized spacial score (nSPS) is 32.2. The van der Waals surface area contributed by atoms with E-state index in [0.717, 1.165) is 38.5 Å². The lowest BCUT2D eigenvalue weighted by Gasteiger charge is -2.36. The number of carbonyl (C=O) groups is 3. The van der Waals surface area contributed by atoms with Gasteiger partial charge in [0.2, 0.25) is 0 Å². The number of esters is 2. The summed E-state index contributed by atoms with van der Waals surface area (Å²) in [6, 6.07) is 0. The number of allylic oxidation sites excluding steroid dienone is 2. The average molecular weight is 907 g/mol. The Morgan fingerprint density at radius 3 is 2.02 bits per heavy atom. The lowest BCUT2D eigenvalue weighted by Crippen LogP contribution is -2.55. The Hall–Kier alpha value is -2.08. The Balaban J connectivity index is 2.20. The Bertz CT molecular complexity index is 1360. The van der Waals surface area contributed by atoms with Crippen molar-refractivity contribution in [3.63, 3.8) is 0 Å². The molecule has 62 heavy (non-hydrogen) atoms.